The molecule has 0 atom stereocenters. The van der Waals surface area contributed by atoms with Crippen LogP contribution in [0.1, 0.15) is 5.69 Å². The summed E-state index contributed by atoms with van der Waals surface area (Å²) in [6, 6.07) is 18.0. The summed E-state index contributed by atoms with van der Waals surface area (Å²) in [7, 11) is 0. The largest absolute Gasteiger partial charge is 0.379 e. The molecule has 1 aliphatic heterocycles. The van der Waals surface area contributed by atoms with Crippen molar-refractivity contribution < 1.29 is 14.3 Å². The van der Waals surface area contributed by atoms with Crippen LogP contribution in [0.25, 0.3) is 22.0 Å². The molecule has 2 heterocycles. The van der Waals surface area contributed by atoms with Gasteiger partial charge in [-0.25, -0.2) is 4.79 Å². The van der Waals surface area contributed by atoms with Crippen LogP contribution in [0, 0.1) is 0 Å². The lowest BCUT2D eigenvalue weighted by Crippen LogP contribution is -2.41. The van der Waals surface area contributed by atoms with Crippen molar-refractivity contribution in [3.63, 3.8) is 0 Å². The molecule has 0 radical (unpaired) electrons. The average molecular weight is 567 g/mol. The first-order valence-electron chi connectivity index (χ1n) is 12.6. The van der Waals surface area contributed by atoms with Gasteiger partial charge in [-0.15, -0.1) is 0 Å². The molecule has 39 heavy (non-hydrogen) atoms. The molecule has 202 valence electrons. The quantitative estimate of drug-likeness (QED) is 0.235. The van der Waals surface area contributed by atoms with Gasteiger partial charge in [0.15, 0.2) is 0 Å². The monoisotopic (exact) mass is 566 g/mol. The standard InChI is InChI=1S/C28H28Cl2N6O3/c29-22-5-2-6-23(27(22)30)33-28(38)32-20-4-1-3-18(15-20)19-7-8-21-24(16-19)34-35-25(21)17-26(37)31-9-10-36-11-13-39-14-12-36/h1-8,15-16H,9-14,17H2,(H,31,37)(H,34,35)(H2,32,33,38). The number of nitrogens with zero attached hydrogens (tertiary/aromatic N) is 2. The van der Waals surface area contributed by atoms with Gasteiger partial charge in [-0.05, 0) is 41.5 Å². The van der Waals surface area contributed by atoms with E-state index in [1.807, 2.05) is 36.4 Å². The third-order valence-corrected chi connectivity index (χ3v) is 7.30. The summed E-state index contributed by atoms with van der Waals surface area (Å²) < 4.78 is 5.36. The molecule has 3 aromatic carbocycles. The summed E-state index contributed by atoms with van der Waals surface area (Å²) in [5.41, 5.74) is 4.39. The molecule has 1 fully saturated rings. The van der Waals surface area contributed by atoms with Crippen molar-refractivity contribution in [3.05, 3.63) is 76.4 Å². The smallest absolute Gasteiger partial charge is 0.323 e. The Kier molecular flexibility index (Phi) is 8.63. The lowest BCUT2D eigenvalue weighted by atomic mass is 10.0. The molecule has 0 aliphatic carbocycles. The first-order chi connectivity index (χ1) is 19.0. The highest BCUT2D eigenvalue weighted by atomic mass is 35.5. The number of amides is 3. The van der Waals surface area contributed by atoms with Gasteiger partial charge in [0.05, 0.1) is 46.6 Å². The predicted molar refractivity (Wildman–Crippen MR) is 155 cm³/mol. The minimum absolute atomic E-state index is 0.0472. The van der Waals surface area contributed by atoms with E-state index in [4.69, 9.17) is 27.9 Å². The Morgan fingerprint density at radius 1 is 0.974 bits per heavy atom. The van der Waals surface area contributed by atoms with E-state index in [-0.39, 0.29) is 17.4 Å². The molecule has 1 aliphatic rings. The third kappa shape index (κ3) is 6.88. The Hall–Kier alpha value is -3.63. The summed E-state index contributed by atoms with van der Waals surface area (Å²) in [4.78, 5) is 27.3. The second-order valence-corrected chi connectivity index (χ2v) is 9.96. The maximum absolute atomic E-state index is 12.5. The van der Waals surface area contributed by atoms with Crippen molar-refractivity contribution in [1.29, 1.82) is 0 Å². The Bertz CT molecular complexity index is 1490. The number of carbonyl (C=O) groups excluding carboxylic acids is 2. The molecule has 5 rings (SSSR count). The number of morpholine rings is 1. The molecule has 3 amide bonds. The maximum atomic E-state index is 12.5. The van der Waals surface area contributed by atoms with Crippen LogP contribution in [-0.2, 0) is 16.0 Å². The number of aromatic nitrogens is 2. The highest BCUT2D eigenvalue weighted by Crippen LogP contribution is 2.30. The number of hydrogen-bond acceptors (Lipinski definition) is 5. The molecule has 4 N–H and O–H groups in total. The first kappa shape index (κ1) is 27.0. The second kappa shape index (κ2) is 12.5. The number of nitrogens with one attached hydrogen (secondary N) is 4. The van der Waals surface area contributed by atoms with Crippen molar-refractivity contribution in [3.8, 4) is 11.1 Å². The van der Waals surface area contributed by atoms with Gasteiger partial charge in [-0.2, -0.15) is 5.10 Å². The van der Waals surface area contributed by atoms with Gasteiger partial charge in [0, 0.05) is 37.3 Å². The van der Waals surface area contributed by atoms with Gasteiger partial charge in [-0.3, -0.25) is 14.8 Å². The summed E-state index contributed by atoms with van der Waals surface area (Å²) in [6.45, 7) is 4.69. The average Bonchev–Trinajstić information content (AvgIpc) is 3.33. The molecule has 1 aromatic heterocycles. The van der Waals surface area contributed by atoms with Crippen LogP contribution in [-0.4, -0.2) is 66.4 Å². The van der Waals surface area contributed by atoms with Crippen molar-refractivity contribution in [2.45, 2.75) is 6.42 Å². The van der Waals surface area contributed by atoms with Crippen LogP contribution >= 0.6 is 23.2 Å². The van der Waals surface area contributed by atoms with Crippen molar-refractivity contribution >= 4 is 57.4 Å². The lowest BCUT2D eigenvalue weighted by molar-refractivity contribution is -0.120. The summed E-state index contributed by atoms with van der Waals surface area (Å²) in [6.07, 6.45) is 0.226. The molecule has 11 heteroatoms. The van der Waals surface area contributed by atoms with E-state index in [1.54, 1.807) is 24.3 Å². The molecular formula is C28H28Cl2N6O3. The van der Waals surface area contributed by atoms with Crippen LogP contribution in [0.4, 0.5) is 16.2 Å². The van der Waals surface area contributed by atoms with Crippen LogP contribution in [0.5, 0.6) is 0 Å². The van der Waals surface area contributed by atoms with E-state index in [1.165, 1.54) is 0 Å². The van der Waals surface area contributed by atoms with E-state index < -0.39 is 6.03 Å². The first-order valence-corrected chi connectivity index (χ1v) is 13.4. The highest BCUT2D eigenvalue weighted by Gasteiger charge is 2.14. The number of urea groups is 1. The molecule has 4 aromatic rings. The van der Waals surface area contributed by atoms with E-state index in [0.717, 1.165) is 60.6 Å². The number of hydrogen-bond donors (Lipinski definition) is 4. The number of fused-ring (bicyclic) bond motifs is 1. The Morgan fingerprint density at radius 3 is 2.62 bits per heavy atom. The van der Waals surface area contributed by atoms with Crippen molar-refractivity contribution in [1.82, 2.24) is 20.4 Å². The fraction of sp³-hybridized carbons (Fsp3) is 0.250. The zero-order valence-electron chi connectivity index (χ0n) is 21.1. The van der Waals surface area contributed by atoms with E-state index in [2.05, 4.69) is 31.0 Å². The number of halogens is 2. The van der Waals surface area contributed by atoms with Crippen LogP contribution in [0.3, 0.4) is 0 Å². The fourth-order valence-electron chi connectivity index (χ4n) is 4.44. The summed E-state index contributed by atoms with van der Waals surface area (Å²) >= 11 is 12.2. The third-order valence-electron chi connectivity index (χ3n) is 6.48. The van der Waals surface area contributed by atoms with Gasteiger partial charge in [0.2, 0.25) is 5.91 Å². The molecule has 0 saturated carbocycles. The van der Waals surface area contributed by atoms with Gasteiger partial charge in [0.25, 0.3) is 0 Å². The zero-order chi connectivity index (χ0) is 27.2. The molecule has 0 spiro atoms. The zero-order valence-corrected chi connectivity index (χ0v) is 22.6. The number of ether oxygens (including phenoxy) is 1. The van der Waals surface area contributed by atoms with Gasteiger partial charge >= 0.3 is 6.03 Å². The van der Waals surface area contributed by atoms with Crippen LogP contribution in [0.2, 0.25) is 10.0 Å². The SMILES string of the molecule is O=C(Cc1[nH]nc2cc(-c3cccc(NC(=O)Nc4cccc(Cl)c4Cl)c3)ccc12)NCCN1CCOCC1. The lowest BCUT2D eigenvalue weighted by Gasteiger charge is -2.26. The minimum atomic E-state index is -0.438. The highest BCUT2D eigenvalue weighted by molar-refractivity contribution is 6.44. The predicted octanol–water partition coefficient (Wildman–Crippen LogP) is 5.17. The fourth-order valence-corrected chi connectivity index (χ4v) is 4.79. The molecule has 0 unspecified atom stereocenters. The summed E-state index contributed by atoms with van der Waals surface area (Å²) in [5.74, 6) is -0.0472. The van der Waals surface area contributed by atoms with Gasteiger partial charge < -0.3 is 20.7 Å². The van der Waals surface area contributed by atoms with Crippen LogP contribution in [0.15, 0.2) is 60.7 Å². The van der Waals surface area contributed by atoms with Crippen LogP contribution < -0.4 is 16.0 Å². The molecule has 9 nitrogen and oxygen atoms in total. The molecule has 1 saturated heterocycles. The minimum Gasteiger partial charge on any atom is -0.379 e. The van der Waals surface area contributed by atoms with E-state index >= 15 is 0 Å². The van der Waals surface area contributed by atoms with E-state index in [0.29, 0.717) is 22.9 Å². The maximum Gasteiger partial charge on any atom is 0.323 e. The topological polar surface area (TPSA) is 111 Å². The van der Waals surface area contributed by atoms with E-state index in [9.17, 15) is 9.59 Å². The number of H-pyrrole nitrogens is 1. The number of carbonyl (C=O) groups is 2. The molecule has 0 bridgehead atoms. The number of rotatable bonds is 8. The Morgan fingerprint density at radius 2 is 1.77 bits per heavy atom. The number of anilines is 2. The Labute approximate surface area is 235 Å². The Balaban J connectivity index is 1.20. The van der Waals surface area contributed by atoms with Gasteiger partial charge in [0.1, 0.15) is 0 Å². The summed E-state index contributed by atoms with van der Waals surface area (Å²) in [5, 5.41) is 17.5. The number of benzene rings is 3. The van der Waals surface area contributed by atoms with Crippen molar-refractivity contribution in [2.24, 2.45) is 0 Å². The second-order valence-electron chi connectivity index (χ2n) is 9.18. The molecular weight excluding hydrogens is 539 g/mol. The van der Waals surface area contributed by atoms with Gasteiger partial charge in [-0.1, -0.05) is 53.5 Å². The number of aromatic amines is 1. The van der Waals surface area contributed by atoms with Crippen molar-refractivity contribution in [2.75, 3.05) is 50.0 Å². The normalized spacial score (nSPS) is 13.8.